The van der Waals surface area contributed by atoms with Crippen molar-refractivity contribution in [3.8, 4) is 5.75 Å². The van der Waals surface area contributed by atoms with E-state index in [9.17, 15) is 18.7 Å². The van der Waals surface area contributed by atoms with Crippen molar-refractivity contribution in [3.05, 3.63) is 65.2 Å². The average Bonchev–Trinajstić information content (AvgIpc) is 2.52. The molecule has 0 aromatic heterocycles. The third-order valence-corrected chi connectivity index (χ3v) is 3.23. The van der Waals surface area contributed by atoms with E-state index in [1.165, 1.54) is 6.07 Å². The summed E-state index contributed by atoms with van der Waals surface area (Å²) in [7, 11) is 0. The van der Waals surface area contributed by atoms with Crippen LogP contribution in [0.2, 0.25) is 0 Å². The number of halogens is 2. The lowest BCUT2D eigenvalue weighted by atomic mass is 10.1. The Hall–Kier alpha value is -2.27. The van der Waals surface area contributed by atoms with Gasteiger partial charge in [0.05, 0.1) is 0 Å². The van der Waals surface area contributed by atoms with Gasteiger partial charge in [-0.05, 0) is 30.3 Å². The van der Waals surface area contributed by atoms with Gasteiger partial charge in [0.2, 0.25) is 0 Å². The smallest absolute Gasteiger partial charge is 0.162 e. The highest BCUT2D eigenvalue weighted by atomic mass is 19.1. The fourth-order valence-corrected chi connectivity index (χ4v) is 1.98. The van der Waals surface area contributed by atoms with Crippen LogP contribution in [0.3, 0.4) is 0 Å². The zero-order chi connectivity index (χ0) is 16.1. The maximum absolute atomic E-state index is 13.5. The summed E-state index contributed by atoms with van der Waals surface area (Å²) >= 11 is 0. The molecule has 1 N–H and O–H groups in total. The third-order valence-electron chi connectivity index (χ3n) is 3.23. The van der Waals surface area contributed by atoms with Gasteiger partial charge in [-0.25, -0.2) is 8.78 Å². The minimum absolute atomic E-state index is 0.0277. The lowest BCUT2D eigenvalue weighted by molar-refractivity contribution is 0.0986. The molecule has 0 aliphatic heterocycles. The standard InChI is InChI=1S/C17H16F2O3/c1-2-16(20)11-3-6-13(7-4-11)22-10-17(21)14-8-5-12(18)9-15(14)19/h3-9,17,21H,2,10H2,1H3. The van der Waals surface area contributed by atoms with Crippen LogP contribution in [-0.4, -0.2) is 17.5 Å². The van der Waals surface area contributed by atoms with Crippen LogP contribution in [0.5, 0.6) is 5.75 Å². The van der Waals surface area contributed by atoms with E-state index in [0.717, 1.165) is 6.07 Å². The Labute approximate surface area is 127 Å². The molecule has 2 aromatic carbocycles. The van der Waals surface area contributed by atoms with Gasteiger partial charge < -0.3 is 9.84 Å². The van der Waals surface area contributed by atoms with Crippen molar-refractivity contribution in [1.82, 2.24) is 0 Å². The van der Waals surface area contributed by atoms with Crippen molar-refractivity contribution in [2.45, 2.75) is 19.4 Å². The number of ether oxygens (including phenoxy) is 1. The maximum Gasteiger partial charge on any atom is 0.162 e. The quantitative estimate of drug-likeness (QED) is 0.828. The van der Waals surface area contributed by atoms with E-state index in [2.05, 4.69) is 0 Å². The summed E-state index contributed by atoms with van der Waals surface area (Å²) in [5, 5.41) is 9.89. The van der Waals surface area contributed by atoms with Crippen LogP contribution in [0, 0.1) is 11.6 Å². The first kappa shape index (κ1) is 16.1. The van der Waals surface area contributed by atoms with Gasteiger partial charge in [-0.1, -0.05) is 13.0 Å². The number of hydrogen-bond acceptors (Lipinski definition) is 3. The van der Waals surface area contributed by atoms with Crippen LogP contribution in [0.4, 0.5) is 8.78 Å². The van der Waals surface area contributed by atoms with Gasteiger partial charge in [0, 0.05) is 23.6 Å². The first-order valence-corrected chi connectivity index (χ1v) is 6.90. The lowest BCUT2D eigenvalue weighted by Gasteiger charge is -2.13. The molecule has 0 aliphatic carbocycles. The molecule has 0 saturated heterocycles. The number of aliphatic hydroxyl groups excluding tert-OH is 1. The molecule has 2 rings (SSSR count). The first-order valence-electron chi connectivity index (χ1n) is 6.90. The van der Waals surface area contributed by atoms with Gasteiger partial charge in [-0.2, -0.15) is 0 Å². The Morgan fingerprint density at radius 1 is 1.18 bits per heavy atom. The molecule has 0 heterocycles. The Bertz CT molecular complexity index is 653. The zero-order valence-electron chi connectivity index (χ0n) is 12.1. The van der Waals surface area contributed by atoms with Crippen LogP contribution >= 0.6 is 0 Å². The number of hydrogen-bond donors (Lipinski definition) is 1. The minimum atomic E-state index is -1.21. The lowest BCUT2D eigenvalue weighted by Crippen LogP contribution is -2.11. The number of carbonyl (C=O) groups excluding carboxylic acids is 1. The largest absolute Gasteiger partial charge is 0.491 e. The number of Topliss-reactive ketones (excluding diaryl/α,β-unsaturated/α-hetero) is 1. The zero-order valence-corrected chi connectivity index (χ0v) is 12.1. The second-order valence-electron chi connectivity index (χ2n) is 4.79. The van der Waals surface area contributed by atoms with E-state index in [1.807, 2.05) is 0 Å². The predicted molar refractivity (Wildman–Crippen MR) is 77.9 cm³/mol. The molecule has 3 nitrogen and oxygen atoms in total. The fraction of sp³-hybridized carbons (Fsp3) is 0.235. The molecule has 1 atom stereocenters. The molecule has 1 unspecified atom stereocenters. The van der Waals surface area contributed by atoms with Crippen molar-refractivity contribution >= 4 is 5.78 Å². The van der Waals surface area contributed by atoms with E-state index >= 15 is 0 Å². The normalized spacial score (nSPS) is 12.0. The van der Waals surface area contributed by atoms with E-state index in [-0.39, 0.29) is 18.0 Å². The van der Waals surface area contributed by atoms with Gasteiger partial charge in [-0.3, -0.25) is 4.79 Å². The van der Waals surface area contributed by atoms with Gasteiger partial charge >= 0.3 is 0 Å². The highest BCUT2D eigenvalue weighted by molar-refractivity contribution is 5.95. The number of ketones is 1. The topological polar surface area (TPSA) is 46.5 Å². The van der Waals surface area contributed by atoms with Crippen LogP contribution in [-0.2, 0) is 0 Å². The maximum atomic E-state index is 13.5. The van der Waals surface area contributed by atoms with Gasteiger partial charge in [0.15, 0.2) is 5.78 Å². The van der Waals surface area contributed by atoms with E-state index in [0.29, 0.717) is 23.8 Å². The summed E-state index contributed by atoms with van der Waals surface area (Å²) in [6.07, 6.45) is -0.791. The molecule has 5 heteroatoms. The van der Waals surface area contributed by atoms with Crippen molar-refractivity contribution < 1.29 is 23.4 Å². The van der Waals surface area contributed by atoms with Crippen LogP contribution in [0.25, 0.3) is 0 Å². The fourth-order valence-electron chi connectivity index (χ4n) is 1.98. The number of carbonyl (C=O) groups is 1. The summed E-state index contributed by atoms with van der Waals surface area (Å²) in [5.74, 6) is -1.04. The Balaban J connectivity index is 1.98. The molecule has 116 valence electrons. The molecule has 0 aliphatic rings. The second kappa shape index (κ2) is 7.13. The molecule has 0 fully saturated rings. The van der Waals surface area contributed by atoms with Crippen molar-refractivity contribution in [2.24, 2.45) is 0 Å². The Morgan fingerprint density at radius 3 is 2.45 bits per heavy atom. The van der Waals surface area contributed by atoms with Crippen molar-refractivity contribution in [2.75, 3.05) is 6.61 Å². The Morgan fingerprint density at radius 2 is 1.86 bits per heavy atom. The van der Waals surface area contributed by atoms with Gasteiger partial charge in [0.25, 0.3) is 0 Å². The first-order chi connectivity index (χ1) is 10.5. The molecule has 0 radical (unpaired) electrons. The number of rotatable bonds is 6. The molecular weight excluding hydrogens is 290 g/mol. The second-order valence-corrected chi connectivity index (χ2v) is 4.79. The molecule has 2 aromatic rings. The monoisotopic (exact) mass is 306 g/mol. The molecule has 0 spiro atoms. The van der Waals surface area contributed by atoms with Crippen LogP contribution < -0.4 is 4.74 Å². The molecular formula is C17H16F2O3. The molecule has 0 bridgehead atoms. The van der Waals surface area contributed by atoms with Gasteiger partial charge in [0.1, 0.15) is 30.1 Å². The highest BCUT2D eigenvalue weighted by Gasteiger charge is 2.14. The van der Waals surface area contributed by atoms with Crippen molar-refractivity contribution in [1.29, 1.82) is 0 Å². The van der Waals surface area contributed by atoms with Crippen molar-refractivity contribution in [3.63, 3.8) is 0 Å². The van der Waals surface area contributed by atoms with Gasteiger partial charge in [-0.15, -0.1) is 0 Å². The summed E-state index contributed by atoms with van der Waals surface area (Å²) < 4.78 is 31.7. The SMILES string of the molecule is CCC(=O)c1ccc(OCC(O)c2ccc(F)cc2F)cc1. The molecule has 0 saturated carbocycles. The van der Waals surface area contributed by atoms with E-state index < -0.39 is 17.7 Å². The number of aliphatic hydroxyl groups is 1. The summed E-state index contributed by atoms with van der Waals surface area (Å²) in [4.78, 5) is 11.5. The van der Waals surface area contributed by atoms with Crippen LogP contribution in [0.1, 0.15) is 35.4 Å². The average molecular weight is 306 g/mol. The van der Waals surface area contributed by atoms with E-state index in [1.54, 1.807) is 31.2 Å². The van der Waals surface area contributed by atoms with E-state index in [4.69, 9.17) is 4.74 Å². The highest BCUT2D eigenvalue weighted by Crippen LogP contribution is 2.20. The summed E-state index contributed by atoms with van der Waals surface area (Å²) in [6.45, 7) is 1.60. The summed E-state index contributed by atoms with van der Waals surface area (Å²) in [6, 6.07) is 9.45. The molecule has 22 heavy (non-hydrogen) atoms. The predicted octanol–water partition coefficient (Wildman–Crippen LogP) is 3.67. The number of benzene rings is 2. The third kappa shape index (κ3) is 3.89. The summed E-state index contributed by atoms with van der Waals surface area (Å²) in [5.41, 5.74) is 0.555. The Kier molecular flexibility index (Phi) is 5.22. The minimum Gasteiger partial charge on any atom is -0.491 e. The molecule has 0 amide bonds. The van der Waals surface area contributed by atoms with Crippen LogP contribution in [0.15, 0.2) is 42.5 Å².